The normalized spacial score (nSPS) is 13.8. The first-order valence-electron chi connectivity index (χ1n) is 8.18. The molecule has 1 aliphatic rings. The van der Waals surface area contributed by atoms with Gasteiger partial charge >= 0.3 is 5.97 Å². The predicted molar refractivity (Wildman–Crippen MR) is 95.0 cm³/mol. The average molecular weight is 351 g/mol. The molecule has 6 nitrogen and oxygen atoms in total. The number of hydrogen-bond donors (Lipinski definition) is 1. The van der Waals surface area contributed by atoms with Crippen LogP contribution < -0.4 is 9.47 Å². The van der Waals surface area contributed by atoms with Crippen molar-refractivity contribution < 1.29 is 24.2 Å². The number of Topliss-reactive ketones (excluding diaryl/α,β-unsaturated/α-hetero) is 1. The number of ketones is 1. The number of carbonyl (C=O) groups is 2. The maximum atomic E-state index is 12.1. The Morgan fingerprint density at radius 1 is 1.12 bits per heavy atom. The van der Waals surface area contributed by atoms with Crippen LogP contribution in [0.5, 0.6) is 11.5 Å². The molecule has 1 N–H and O–H groups in total. The maximum absolute atomic E-state index is 12.1. The third-order valence-electron chi connectivity index (χ3n) is 4.72. The molecule has 2 aromatic carbocycles. The largest absolute Gasteiger partial charge is 0.481 e. The third-order valence-corrected chi connectivity index (χ3v) is 4.72. The van der Waals surface area contributed by atoms with Crippen molar-refractivity contribution in [2.75, 3.05) is 6.79 Å². The highest BCUT2D eigenvalue weighted by molar-refractivity contribution is 5.99. The second-order valence-electron chi connectivity index (χ2n) is 6.37. The van der Waals surface area contributed by atoms with Crippen LogP contribution in [-0.4, -0.2) is 28.2 Å². The summed E-state index contributed by atoms with van der Waals surface area (Å²) in [5.74, 6) is -0.668. The molecule has 0 amide bonds. The van der Waals surface area contributed by atoms with E-state index in [1.807, 2.05) is 17.7 Å². The van der Waals surface area contributed by atoms with Gasteiger partial charge in [-0.25, -0.2) is 0 Å². The van der Waals surface area contributed by atoms with E-state index in [9.17, 15) is 14.7 Å². The van der Waals surface area contributed by atoms with E-state index in [1.54, 1.807) is 36.5 Å². The van der Waals surface area contributed by atoms with Gasteiger partial charge in [0.25, 0.3) is 0 Å². The van der Waals surface area contributed by atoms with Gasteiger partial charge in [-0.1, -0.05) is 18.2 Å². The van der Waals surface area contributed by atoms with Crippen molar-refractivity contribution in [1.29, 1.82) is 0 Å². The van der Waals surface area contributed by atoms with E-state index < -0.39 is 11.9 Å². The summed E-state index contributed by atoms with van der Waals surface area (Å²) in [6, 6.07) is 10.5. The molecule has 132 valence electrons. The molecular weight excluding hydrogens is 334 g/mol. The molecule has 0 saturated carbocycles. The smallest absolute Gasteiger partial charge is 0.315 e. The summed E-state index contributed by atoms with van der Waals surface area (Å²) in [7, 11) is 1.84. The summed E-state index contributed by atoms with van der Waals surface area (Å²) in [6.45, 7) is 1.65. The molecule has 1 atom stereocenters. The second kappa shape index (κ2) is 5.91. The molecular formula is C20H17NO5. The Bertz CT molecular complexity index is 1050. The quantitative estimate of drug-likeness (QED) is 0.730. The number of carboxylic acids is 1. The number of aromatic nitrogens is 1. The van der Waals surface area contributed by atoms with E-state index in [-0.39, 0.29) is 12.6 Å². The zero-order chi connectivity index (χ0) is 18.4. The third kappa shape index (κ3) is 2.50. The van der Waals surface area contributed by atoms with Crippen LogP contribution in [-0.2, 0) is 11.8 Å². The Balaban J connectivity index is 1.88. The number of carboxylic acid groups (broad SMARTS) is 1. The minimum Gasteiger partial charge on any atom is -0.481 e. The number of aryl methyl sites for hydroxylation is 1. The zero-order valence-corrected chi connectivity index (χ0v) is 14.4. The van der Waals surface area contributed by atoms with E-state index in [1.165, 1.54) is 6.92 Å². The van der Waals surface area contributed by atoms with Gasteiger partial charge in [0.1, 0.15) is 5.92 Å². The van der Waals surface area contributed by atoms with Crippen molar-refractivity contribution in [1.82, 2.24) is 4.57 Å². The summed E-state index contributed by atoms with van der Waals surface area (Å²) in [5, 5.41) is 10.7. The Morgan fingerprint density at radius 2 is 1.88 bits per heavy atom. The number of ether oxygens (including phenoxy) is 2. The Hall–Kier alpha value is -3.28. The molecule has 0 radical (unpaired) electrons. The molecule has 1 aliphatic heterocycles. The number of fused-ring (bicyclic) bond motifs is 2. The highest BCUT2D eigenvalue weighted by Crippen LogP contribution is 2.38. The lowest BCUT2D eigenvalue weighted by Gasteiger charge is -2.13. The summed E-state index contributed by atoms with van der Waals surface area (Å²) < 4.78 is 12.5. The van der Waals surface area contributed by atoms with E-state index in [4.69, 9.17) is 9.47 Å². The number of benzene rings is 2. The number of hydrogen-bond acceptors (Lipinski definition) is 4. The van der Waals surface area contributed by atoms with Gasteiger partial charge in [-0.2, -0.15) is 0 Å². The standard InChI is InChI=1S/C20H17NO5/c1-11(22)12-3-5-14-15(9-21(2)16(14)7-12)19(20(23)24)13-4-6-17-18(8-13)26-10-25-17/h3-9,19H,10H2,1-2H3,(H,23,24). The fourth-order valence-corrected chi connectivity index (χ4v) is 3.41. The van der Waals surface area contributed by atoms with Crippen molar-refractivity contribution >= 4 is 22.7 Å². The van der Waals surface area contributed by atoms with Gasteiger partial charge in [0.15, 0.2) is 17.3 Å². The molecule has 4 rings (SSSR count). The number of carbonyl (C=O) groups excluding carboxylic acids is 1. The maximum Gasteiger partial charge on any atom is 0.315 e. The van der Waals surface area contributed by atoms with Gasteiger partial charge in [-0.15, -0.1) is 0 Å². The van der Waals surface area contributed by atoms with Gasteiger partial charge in [-0.3, -0.25) is 9.59 Å². The number of nitrogens with zero attached hydrogens (tertiary/aromatic N) is 1. The fourth-order valence-electron chi connectivity index (χ4n) is 3.41. The molecule has 0 bridgehead atoms. The molecule has 1 aromatic heterocycles. The molecule has 1 unspecified atom stereocenters. The summed E-state index contributed by atoms with van der Waals surface area (Å²) in [4.78, 5) is 23.7. The SMILES string of the molecule is CC(=O)c1ccc2c(C(C(=O)O)c3ccc4c(c3)OCO4)cn(C)c2c1. The highest BCUT2D eigenvalue weighted by Gasteiger charge is 2.28. The second-order valence-corrected chi connectivity index (χ2v) is 6.37. The molecule has 3 aromatic rings. The topological polar surface area (TPSA) is 77.8 Å². The molecule has 6 heteroatoms. The van der Waals surface area contributed by atoms with Gasteiger partial charge in [0.2, 0.25) is 6.79 Å². The van der Waals surface area contributed by atoms with Crippen molar-refractivity contribution in [2.45, 2.75) is 12.8 Å². The van der Waals surface area contributed by atoms with Crippen molar-refractivity contribution in [3.8, 4) is 11.5 Å². The zero-order valence-electron chi connectivity index (χ0n) is 14.4. The van der Waals surface area contributed by atoms with E-state index in [0.717, 1.165) is 10.9 Å². The van der Waals surface area contributed by atoms with Crippen LogP contribution in [0.1, 0.15) is 34.3 Å². The highest BCUT2D eigenvalue weighted by atomic mass is 16.7. The molecule has 0 saturated heterocycles. The number of rotatable bonds is 4. The van der Waals surface area contributed by atoms with Crippen molar-refractivity contribution in [3.05, 3.63) is 59.3 Å². The van der Waals surface area contributed by atoms with Gasteiger partial charge in [0, 0.05) is 29.7 Å². The van der Waals surface area contributed by atoms with Crippen LogP contribution in [0.4, 0.5) is 0 Å². The van der Waals surface area contributed by atoms with Crippen LogP contribution in [0.15, 0.2) is 42.6 Å². The Labute approximate surface area is 149 Å². The van der Waals surface area contributed by atoms with Crippen LogP contribution in [0, 0.1) is 0 Å². The first kappa shape index (κ1) is 16.2. The lowest BCUT2D eigenvalue weighted by molar-refractivity contribution is -0.137. The minimum absolute atomic E-state index is 0.0276. The predicted octanol–water partition coefficient (Wildman–Crippen LogP) is 3.33. The van der Waals surface area contributed by atoms with Crippen LogP contribution in [0.3, 0.4) is 0 Å². The van der Waals surface area contributed by atoms with Crippen LogP contribution >= 0.6 is 0 Å². The fraction of sp³-hybridized carbons (Fsp3) is 0.200. The Morgan fingerprint density at radius 3 is 2.62 bits per heavy atom. The monoisotopic (exact) mass is 351 g/mol. The van der Waals surface area contributed by atoms with Gasteiger partial charge in [-0.05, 0) is 36.2 Å². The lowest BCUT2D eigenvalue weighted by atomic mass is 9.90. The number of aliphatic carboxylic acids is 1. The van der Waals surface area contributed by atoms with Crippen molar-refractivity contribution in [3.63, 3.8) is 0 Å². The summed E-state index contributed by atoms with van der Waals surface area (Å²) >= 11 is 0. The van der Waals surface area contributed by atoms with Crippen LogP contribution in [0.25, 0.3) is 10.9 Å². The lowest BCUT2D eigenvalue weighted by Crippen LogP contribution is -2.13. The molecule has 0 aliphatic carbocycles. The molecule has 0 fully saturated rings. The minimum atomic E-state index is -0.952. The van der Waals surface area contributed by atoms with Gasteiger partial charge in [0.05, 0.1) is 0 Å². The summed E-state index contributed by atoms with van der Waals surface area (Å²) in [5.41, 5.74) is 2.70. The molecule has 0 spiro atoms. The average Bonchev–Trinajstić information content (AvgIpc) is 3.19. The molecule has 26 heavy (non-hydrogen) atoms. The van der Waals surface area contributed by atoms with Crippen molar-refractivity contribution in [2.24, 2.45) is 7.05 Å². The van der Waals surface area contributed by atoms with E-state index in [2.05, 4.69) is 0 Å². The van der Waals surface area contributed by atoms with E-state index in [0.29, 0.717) is 28.2 Å². The van der Waals surface area contributed by atoms with Gasteiger partial charge < -0.3 is 19.1 Å². The first-order chi connectivity index (χ1) is 12.5. The van der Waals surface area contributed by atoms with Crippen LogP contribution in [0.2, 0.25) is 0 Å². The Kier molecular flexibility index (Phi) is 3.68. The summed E-state index contributed by atoms with van der Waals surface area (Å²) in [6.07, 6.45) is 1.80. The first-order valence-corrected chi connectivity index (χ1v) is 8.18. The molecule has 2 heterocycles. The van der Waals surface area contributed by atoms with E-state index >= 15 is 0 Å².